The molecule has 3 unspecified atom stereocenters. The van der Waals surface area contributed by atoms with E-state index in [1.54, 1.807) is 27.6 Å². The third-order valence-electron chi connectivity index (χ3n) is 9.27. The minimum absolute atomic E-state index is 0.0607. The zero-order chi connectivity index (χ0) is 30.4. The molecular formula is C33H47N3O5S. The maximum atomic E-state index is 14.8. The van der Waals surface area contributed by atoms with E-state index >= 15 is 0 Å². The summed E-state index contributed by atoms with van der Waals surface area (Å²) in [5.41, 5.74) is 1.85. The van der Waals surface area contributed by atoms with Crippen LogP contribution in [0.5, 0.6) is 0 Å². The molecule has 3 fully saturated rings. The van der Waals surface area contributed by atoms with Crippen molar-refractivity contribution in [2.75, 3.05) is 49.2 Å². The molecule has 3 aliphatic rings. The summed E-state index contributed by atoms with van der Waals surface area (Å²) in [5, 5.41) is 9.14. The molecule has 1 aromatic carbocycles. The topological polar surface area (TPSA) is 90.4 Å². The fraction of sp³-hybridized carbons (Fsp3) is 0.606. The van der Waals surface area contributed by atoms with Gasteiger partial charge in [0.25, 0.3) is 5.91 Å². The molecule has 1 aromatic rings. The Morgan fingerprint density at radius 2 is 1.76 bits per heavy atom. The van der Waals surface area contributed by atoms with Gasteiger partial charge >= 0.3 is 5.97 Å². The summed E-state index contributed by atoms with van der Waals surface area (Å²) >= 11 is 1.66. The van der Waals surface area contributed by atoms with Crippen LogP contribution in [0.4, 0.5) is 11.4 Å². The normalized spacial score (nSPS) is 27.6. The first-order valence-electron chi connectivity index (χ1n) is 15.4. The van der Waals surface area contributed by atoms with Crippen molar-refractivity contribution in [1.82, 2.24) is 4.90 Å². The number of benzene rings is 1. The van der Waals surface area contributed by atoms with E-state index in [1.807, 2.05) is 24.3 Å². The van der Waals surface area contributed by atoms with Gasteiger partial charge in [-0.1, -0.05) is 38.5 Å². The molecule has 4 rings (SSSR count). The molecule has 3 aliphatic heterocycles. The summed E-state index contributed by atoms with van der Waals surface area (Å²) in [4.78, 5) is 48.1. The number of aliphatic hydroxyl groups excluding tert-OH is 1. The molecule has 1 spiro atoms. The summed E-state index contributed by atoms with van der Waals surface area (Å²) in [6, 6.07) is 7.32. The highest BCUT2D eigenvalue weighted by Crippen LogP contribution is 2.68. The highest BCUT2D eigenvalue weighted by atomic mass is 32.2. The molecule has 0 radical (unpaired) electrons. The number of aliphatic hydroxyl groups is 1. The van der Waals surface area contributed by atoms with Crippen LogP contribution in [-0.4, -0.2) is 83.2 Å². The van der Waals surface area contributed by atoms with Gasteiger partial charge in [0, 0.05) is 49.4 Å². The molecule has 0 aliphatic carbocycles. The van der Waals surface area contributed by atoms with Crippen LogP contribution in [-0.2, 0) is 19.1 Å². The van der Waals surface area contributed by atoms with E-state index in [1.165, 1.54) is 6.08 Å². The Morgan fingerprint density at radius 3 is 2.38 bits per heavy atom. The number of rotatable bonds is 16. The fourth-order valence-corrected chi connectivity index (χ4v) is 9.73. The van der Waals surface area contributed by atoms with Gasteiger partial charge in [-0.05, 0) is 63.3 Å². The standard InChI is InChI=1S/C33H47N3O5S/c1-6-18-35(25-16-14-24(15-17-25)34(8-3)9-4)31(39)29-33-23(5)22-26(42-33)27(32(40)41-21-7-2)28(33)30(38)36(29)19-12-10-11-13-20-37/h6-7,14-17,23,26-29,37H,1-2,8-13,18-22H2,3-5H3/t23?,26-,27+,28-,29?,33?/m0/s1. The van der Waals surface area contributed by atoms with Crippen LogP contribution < -0.4 is 9.80 Å². The first-order valence-corrected chi connectivity index (χ1v) is 16.3. The number of unbranched alkanes of at least 4 members (excludes halogenated alkanes) is 3. The minimum Gasteiger partial charge on any atom is -0.461 e. The molecule has 6 atom stereocenters. The van der Waals surface area contributed by atoms with Gasteiger partial charge in [-0.15, -0.1) is 18.3 Å². The number of amides is 2. The van der Waals surface area contributed by atoms with Crippen molar-refractivity contribution in [2.24, 2.45) is 17.8 Å². The lowest BCUT2D eigenvalue weighted by atomic mass is 9.66. The second-order valence-corrected chi connectivity index (χ2v) is 13.1. The quantitative estimate of drug-likeness (QED) is 0.168. The average molecular weight is 598 g/mol. The van der Waals surface area contributed by atoms with E-state index in [4.69, 9.17) is 4.74 Å². The van der Waals surface area contributed by atoms with Crippen LogP contribution >= 0.6 is 11.8 Å². The smallest absolute Gasteiger partial charge is 0.311 e. The van der Waals surface area contributed by atoms with Crippen LogP contribution in [0.1, 0.15) is 52.9 Å². The van der Waals surface area contributed by atoms with E-state index < -0.39 is 22.6 Å². The van der Waals surface area contributed by atoms with E-state index in [2.05, 4.69) is 38.8 Å². The predicted octanol–water partition coefficient (Wildman–Crippen LogP) is 4.67. The highest BCUT2D eigenvalue weighted by Gasteiger charge is 2.76. The summed E-state index contributed by atoms with van der Waals surface area (Å²) < 4.78 is 4.79. The van der Waals surface area contributed by atoms with Crippen molar-refractivity contribution in [1.29, 1.82) is 0 Å². The number of hydrogen-bond donors (Lipinski definition) is 1. The first-order chi connectivity index (χ1) is 20.3. The van der Waals surface area contributed by atoms with Crippen LogP contribution in [0.2, 0.25) is 0 Å². The number of ether oxygens (including phenoxy) is 1. The molecule has 3 saturated heterocycles. The van der Waals surface area contributed by atoms with Gasteiger partial charge in [-0.3, -0.25) is 14.4 Å². The number of esters is 1. The van der Waals surface area contributed by atoms with Gasteiger partial charge < -0.3 is 24.5 Å². The summed E-state index contributed by atoms with van der Waals surface area (Å²) in [6.45, 7) is 16.7. The van der Waals surface area contributed by atoms with Crippen LogP contribution in [0.3, 0.4) is 0 Å². The van der Waals surface area contributed by atoms with Crippen molar-refractivity contribution < 1.29 is 24.2 Å². The third kappa shape index (κ3) is 5.74. The number of hydrogen-bond acceptors (Lipinski definition) is 7. The van der Waals surface area contributed by atoms with Gasteiger partial charge in [0.15, 0.2) is 0 Å². The van der Waals surface area contributed by atoms with Crippen LogP contribution in [0.25, 0.3) is 0 Å². The Kier molecular flexibility index (Phi) is 10.8. The zero-order valence-electron chi connectivity index (χ0n) is 25.4. The molecule has 3 heterocycles. The Morgan fingerprint density at radius 1 is 1.10 bits per heavy atom. The molecule has 0 aromatic heterocycles. The molecule has 8 nitrogen and oxygen atoms in total. The molecule has 1 N–H and O–H groups in total. The Labute approximate surface area is 255 Å². The third-order valence-corrected chi connectivity index (χ3v) is 11.3. The minimum atomic E-state index is -0.706. The monoisotopic (exact) mass is 597 g/mol. The van der Waals surface area contributed by atoms with Crippen molar-refractivity contribution >= 4 is 40.9 Å². The largest absolute Gasteiger partial charge is 0.461 e. The molecule has 230 valence electrons. The number of nitrogens with zero attached hydrogens (tertiary/aromatic N) is 3. The SMILES string of the molecule is C=CCOC(=O)[C@@H]1[C@@H]2CC(C)C3(S2)C(C(=O)N(CC=C)c2ccc(N(CC)CC)cc2)N(CCCCCCO)C(=O)[C@H]13. The number of anilines is 2. The van der Waals surface area contributed by atoms with E-state index in [0.717, 1.165) is 50.1 Å². The lowest BCUT2D eigenvalue weighted by Gasteiger charge is -2.40. The Bertz CT molecular complexity index is 1140. The molecule has 2 bridgehead atoms. The zero-order valence-corrected chi connectivity index (χ0v) is 26.2. The van der Waals surface area contributed by atoms with Gasteiger partial charge in [-0.2, -0.15) is 0 Å². The first kappa shape index (κ1) is 32.1. The fourth-order valence-electron chi connectivity index (χ4n) is 7.32. The van der Waals surface area contributed by atoms with Crippen molar-refractivity contribution in [3.8, 4) is 0 Å². The lowest BCUT2D eigenvalue weighted by Crippen LogP contribution is -2.57. The van der Waals surface area contributed by atoms with Gasteiger partial charge in [0.2, 0.25) is 5.91 Å². The van der Waals surface area contributed by atoms with Crippen LogP contribution in [0, 0.1) is 17.8 Å². The second kappa shape index (κ2) is 14.1. The maximum Gasteiger partial charge on any atom is 0.311 e. The lowest BCUT2D eigenvalue weighted by molar-refractivity contribution is -0.153. The number of likely N-dealkylation sites (tertiary alicyclic amines) is 1. The van der Waals surface area contributed by atoms with Gasteiger partial charge in [-0.25, -0.2) is 0 Å². The van der Waals surface area contributed by atoms with Crippen molar-refractivity contribution in [2.45, 2.75) is 68.9 Å². The maximum absolute atomic E-state index is 14.8. The van der Waals surface area contributed by atoms with Gasteiger partial charge in [0.1, 0.15) is 12.6 Å². The summed E-state index contributed by atoms with van der Waals surface area (Å²) in [5.74, 6) is -1.71. The van der Waals surface area contributed by atoms with E-state index in [-0.39, 0.29) is 42.2 Å². The van der Waals surface area contributed by atoms with E-state index in [9.17, 15) is 19.5 Å². The molecule has 0 saturated carbocycles. The molecule has 2 amide bonds. The van der Waals surface area contributed by atoms with E-state index in [0.29, 0.717) is 19.5 Å². The molecule has 9 heteroatoms. The Balaban J connectivity index is 1.71. The van der Waals surface area contributed by atoms with Crippen molar-refractivity contribution in [3.05, 3.63) is 49.6 Å². The van der Waals surface area contributed by atoms with Crippen molar-refractivity contribution in [3.63, 3.8) is 0 Å². The number of thioether (sulfide) groups is 1. The Hall–Kier alpha value is -2.78. The molecular weight excluding hydrogens is 550 g/mol. The average Bonchev–Trinajstić information content (AvgIpc) is 3.59. The molecule has 42 heavy (non-hydrogen) atoms. The summed E-state index contributed by atoms with van der Waals surface area (Å²) in [7, 11) is 0. The summed E-state index contributed by atoms with van der Waals surface area (Å²) in [6.07, 6.45) is 7.17. The van der Waals surface area contributed by atoms with Crippen LogP contribution in [0.15, 0.2) is 49.6 Å². The number of fused-ring (bicyclic) bond motifs is 1. The highest BCUT2D eigenvalue weighted by molar-refractivity contribution is 8.02. The number of carbonyl (C=O) groups excluding carboxylic acids is 3. The second-order valence-electron chi connectivity index (χ2n) is 11.6. The number of carbonyl (C=O) groups is 3. The predicted molar refractivity (Wildman–Crippen MR) is 170 cm³/mol. The van der Waals surface area contributed by atoms with Gasteiger partial charge in [0.05, 0.1) is 16.6 Å².